The molecule has 0 aromatic rings. The van der Waals surface area contributed by atoms with Crippen molar-refractivity contribution in [1.29, 1.82) is 0 Å². The van der Waals surface area contributed by atoms with E-state index in [1.54, 1.807) is 0 Å². The summed E-state index contributed by atoms with van der Waals surface area (Å²) >= 11 is 0. The van der Waals surface area contributed by atoms with Gasteiger partial charge in [-0.15, -0.1) is 0 Å². The van der Waals surface area contributed by atoms with E-state index in [1.807, 2.05) is 0 Å². The lowest BCUT2D eigenvalue weighted by molar-refractivity contribution is -0.133. The first-order chi connectivity index (χ1) is 6.86. The van der Waals surface area contributed by atoms with E-state index in [0.29, 0.717) is 5.91 Å². The molecule has 2 aliphatic heterocycles. The summed E-state index contributed by atoms with van der Waals surface area (Å²) in [5.41, 5.74) is 0. The fourth-order valence-electron chi connectivity index (χ4n) is 2.40. The van der Waals surface area contributed by atoms with Crippen molar-refractivity contribution in [3.63, 3.8) is 0 Å². The summed E-state index contributed by atoms with van der Waals surface area (Å²) < 4.78 is 0. The summed E-state index contributed by atoms with van der Waals surface area (Å²) in [7, 11) is 0. The van der Waals surface area contributed by atoms with Crippen LogP contribution in [0.3, 0.4) is 0 Å². The molecule has 0 aromatic carbocycles. The third-order valence-electron chi connectivity index (χ3n) is 3.39. The third kappa shape index (κ3) is 2.47. The lowest BCUT2D eigenvalue weighted by Crippen LogP contribution is -2.36. The molecule has 0 aromatic heterocycles. The number of likely N-dealkylation sites (tertiary alicyclic amines) is 1. The Bertz CT molecular complexity index is 199. The van der Waals surface area contributed by atoms with Gasteiger partial charge in [0.1, 0.15) is 0 Å². The molecule has 3 nitrogen and oxygen atoms in total. The van der Waals surface area contributed by atoms with Crippen molar-refractivity contribution in [2.75, 3.05) is 26.2 Å². The molecular weight excluding hydrogens is 176 g/mol. The van der Waals surface area contributed by atoms with Crippen LogP contribution < -0.4 is 5.32 Å². The highest BCUT2D eigenvalue weighted by atomic mass is 16.2. The number of amides is 1. The molecule has 14 heavy (non-hydrogen) atoms. The van der Waals surface area contributed by atoms with Crippen LogP contribution in [0.25, 0.3) is 0 Å². The van der Waals surface area contributed by atoms with Crippen molar-refractivity contribution in [2.24, 2.45) is 5.92 Å². The van der Waals surface area contributed by atoms with Crippen molar-refractivity contribution >= 4 is 5.91 Å². The number of rotatable bonds is 3. The molecule has 2 fully saturated rings. The highest BCUT2D eigenvalue weighted by Crippen LogP contribution is 2.16. The van der Waals surface area contributed by atoms with Gasteiger partial charge in [-0.25, -0.2) is 0 Å². The molecule has 1 unspecified atom stereocenters. The number of hydrogen-bond donors (Lipinski definition) is 1. The first kappa shape index (κ1) is 9.97. The van der Waals surface area contributed by atoms with Crippen molar-refractivity contribution in [3.05, 3.63) is 0 Å². The van der Waals surface area contributed by atoms with Gasteiger partial charge in [0, 0.05) is 19.5 Å². The Hall–Kier alpha value is -0.570. The molecule has 3 heteroatoms. The predicted molar refractivity (Wildman–Crippen MR) is 56.0 cm³/mol. The topological polar surface area (TPSA) is 32.3 Å². The standard InChI is InChI=1S/C11H20N2O/c14-11-3-1-2-7-13(11)8-5-10-4-6-12-9-10/h10,12H,1-9H2. The van der Waals surface area contributed by atoms with Crippen molar-refractivity contribution in [1.82, 2.24) is 10.2 Å². The summed E-state index contributed by atoms with van der Waals surface area (Å²) in [5.74, 6) is 1.19. The predicted octanol–water partition coefficient (Wildman–Crippen LogP) is 0.998. The van der Waals surface area contributed by atoms with Gasteiger partial charge in [0.25, 0.3) is 0 Å². The van der Waals surface area contributed by atoms with Crippen LogP contribution >= 0.6 is 0 Å². The van der Waals surface area contributed by atoms with Crippen LogP contribution in [0.2, 0.25) is 0 Å². The summed E-state index contributed by atoms with van der Waals surface area (Å²) in [5, 5.41) is 3.37. The fraction of sp³-hybridized carbons (Fsp3) is 0.909. The molecule has 2 aliphatic rings. The summed E-state index contributed by atoms with van der Waals surface area (Å²) in [6, 6.07) is 0. The molecule has 0 spiro atoms. The Balaban J connectivity index is 1.70. The maximum Gasteiger partial charge on any atom is 0.222 e. The van der Waals surface area contributed by atoms with Crippen molar-refractivity contribution in [3.8, 4) is 0 Å². The van der Waals surface area contributed by atoms with Gasteiger partial charge in [-0.2, -0.15) is 0 Å². The van der Waals surface area contributed by atoms with Gasteiger partial charge in [-0.1, -0.05) is 0 Å². The Morgan fingerprint density at radius 1 is 1.43 bits per heavy atom. The van der Waals surface area contributed by atoms with E-state index in [0.717, 1.165) is 38.4 Å². The summed E-state index contributed by atoms with van der Waals surface area (Å²) in [4.78, 5) is 13.6. The SMILES string of the molecule is O=C1CCCCN1CCC1CCNC1. The maximum atomic E-state index is 11.5. The largest absolute Gasteiger partial charge is 0.343 e. The molecule has 2 heterocycles. The molecule has 0 saturated carbocycles. The molecule has 0 aliphatic carbocycles. The molecule has 1 atom stereocenters. The second-order valence-corrected chi connectivity index (χ2v) is 4.49. The van der Waals surface area contributed by atoms with Gasteiger partial charge >= 0.3 is 0 Å². The zero-order valence-corrected chi connectivity index (χ0v) is 8.80. The number of piperidine rings is 1. The van der Waals surface area contributed by atoms with Crippen LogP contribution in [-0.2, 0) is 4.79 Å². The quantitative estimate of drug-likeness (QED) is 0.730. The van der Waals surface area contributed by atoms with Gasteiger partial charge in [0.2, 0.25) is 5.91 Å². The van der Waals surface area contributed by atoms with Crippen LogP contribution in [0.4, 0.5) is 0 Å². The lowest BCUT2D eigenvalue weighted by atomic mass is 10.0. The Labute approximate surface area is 85.8 Å². The van der Waals surface area contributed by atoms with Gasteiger partial charge < -0.3 is 10.2 Å². The first-order valence-electron chi connectivity index (χ1n) is 5.85. The highest BCUT2D eigenvalue weighted by molar-refractivity contribution is 5.76. The molecular formula is C11H20N2O. The van der Waals surface area contributed by atoms with Gasteiger partial charge in [0.05, 0.1) is 0 Å². The van der Waals surface area contributed by atoms with Crippen LogP contribution in [0.15, 0.2) is 0 Å². The molecule has 0 radical (unpaired) electrons. The molecule has 2 rings (SSSR count). The van der Waals surface area contributed by atoms with Crippen molar-refractivity contribution in [2.45, 2.75) is 32.1 Å². The van der Waals surface area contributed by atoms with E-state index in [2.05, 4.69) is 10.2 Å². The fourth-order valence-corrected chi connectivity index (χ4v) is 2.40. The van der Waals surface area contributed by atoms with Gasteiger partial charge in [-0.3, -0.25) is 4.79 Å². The summed E-state index contributed by atoms with van der Waals surface area (Å²) in [6.07, 6.45) is 5.57. The van der Waals surface area contributed by atoms with E-state index in [9.17, 15) is 4.79 Å². The molecule has 0 bridgehead atoms. The molecule has 80 valence electrons. The van der Waals surface area contributed by atoms with Gasteiger partial charge in [-0.05, 0) is 44.7 Å². The number of carbonyl (C=O) groups excluding carboxylic acids is 1. The van der Waals surface area contributed by atoms with E-state index in [-0.39, 0.29) is 0 Å². The first-order valence-corrected chi connectivity index (χ1v) is 5.85. The number of nitrogens with one attached hydrogen (secondary N) is 1. The number of nitrogens with zero attached hydrogens (tertiary/aromatic N) is 1. The minimum absolute atomic E-state index is 0.377. The Morgan fingerprint density at radius 3 is 3.07 bits per heavy atom. The molecule has 1 N–H and O–H groups in total. The number of hydrogen-bond acceptors (Lipinski definition) is 2. The zero-order chi connectivity index (χ0) is 9.80. The Morgan fingerprint density at radius 2 is 2.36 bits per heavy atom. The Kier molecular flexibility index (Phi) is 3.40. The smallest absolute Gasteiger partial charge is 0.222 e. The van der Waals surface area contributed by atoms with Crippen LogP contribution in [-0.4, -0.2) is 37.0 Å². The highest BCUT2D eigenvalue weighted by Gasteiger charge is 2.20. The third-order valence-corrected chi connectivity index (χ3v) is 3.39. The second-order valence-electron chi connectivity index (χ2n) is 4.49. The summed E-state index contributed by atoms with van der Waals surface area (Å²) in [6.45, 7) is 4.31. The van der Waals surface area contributed by atoms with Crippen LogP contribution in [0.5, 0.6) is 0 Å². The van der Waals surface area contributed by atoms with Crippen molar-refractivity contribution < 1.29 is 4.79 Å². The van der Waals surface area contributed by atoms with E-state index in [1.165, 1.54) is 25.8 Å². The molecule has 2 saturated heterocycles. The van der Waals surface area contributed by atoms with E-state index >= 15 is 0 Å². The van der Waals surface area contributed by atoms with Gasteiger partial charge in [0.15, 0.2) is 0 Å². The second kappa shape index (κ2) is 4.78. The maximum absolute atomic E-state index is 11.5. The number of carbonyl (C=O) groups is 1. The van der Waals surface area contributed by atoms with E-state index < -0.39 is 0 Å². The molecule has 1 amide bonds. The zero-order valence-electron chi connectivity index (χ0n) is 8.80. The average Bonchev–Trinajstić information content (AvgIpc) is 2.69. The minimum Gasteiger partial charge on any atom is -0.343 e. The normalized spacial score (nSPS) is 28.4. The average molecular weight is 196 g/mol. The van der Waals surface area contributed by atoms with E-state index in [4.69, 9.17) is 0 Å². The minimum atomic E-state index is 0.377. The van der Waals surface area contributed by atoms with Crippen LogP contribution in [0, 0.1) is 5.92 Å². The van der Waals surface area contributed by atoms with Crippen LogP contribution in [0.1, 0.15) is 32.1 Å². The lowest BCUT2D eigenvalue weighted by Gasteiger charge is -2.27. The monoisotopic (exact) mass is 196 g/mol.